The zero-order chi connectivity index (χ0) is 24.5. The highest BCUT2D eigenvalue weighted by Gasteiger charge is 2.31. The molecule has 1 heterocycles. The zero-order valence-electron chi connectivity index (χ0n) is 18.9. The minimum absolute atomic E-state index is 0.000753. The molecule has 0 saturated carbocycles. The lowest BCUT2D eigenvalue weighted by Gasteiger charge is -2.23. The van der Waals surface area contributed by atoms with Gasteiger partial charge in [0.2, 0.25) is 5.91 Å². The first-order chi connectivity index (χ1) is 16.4. The summed E-state index contributed by atoms with van der Waals surface area (Å²) in [5.41, 5.74) is 2.09. The second-order valence-electron chi connectivity index (χ2n) is 7.71. The molecular formula is C25H27N3O6. The molecule has 9 heteroatoms. The number of fused-ring (bicyclic) bond motifs is 1. The predicted molar refractivity (Wildman–Crippen MR) is 125 cm³/mol. The summed E-state index contributed by atoms with van der Waals surface area (Å²) < 4.78 is 9.95. The Hall–Kier alpha value is -3.98. The molecule has 9 nitrogen and oxygen atoms in total. The largest absolute Gasteiger partial charge is 0.467 e. The number of aliphatic hydroxyl groups is 1. The van der Waals surface area contributed by atoms with E-state index in [1.807, 2.05) is 36.4 Å². The molecule has 0 saturated heterocycles. The second-order valence-corrected chi connectivity index (χ2v) is 7.71. The molecule has 0 bridgehead atoms. The van der Waals surface area contributed by atoms with Gasteiger partial charge in [-0.05, 0) is 24.6 Å². The molecule has 3 rings (SSSR count). The van der Waals surface area contributed by atoms with Crippen molar-refractivity contribution in [2.24, 2.45) is 0 Å². The number of benzene rings is 2. The third-order valence-corrected chi connectivity index (χ3v) is 5.12. The summed E-state index contributed by atoms with van der Waals surface area (Å²) in [7, 11) is 1.21. The lowest BCUT2D eigenvalue weighted by molar-refractivity contribution is -0.145. The molecule has 0 aliphatic carbocycles. The van der Waals surface area contributed by atoms with Gasteiger partial charge in [0.15, 0.2) is 0 Å². The Bertz CT molecular complexity index is 1140. The van der Waals surface area contributed by atoms with Crippen molar-refractivity contribution in [1.29, 1.82) is 0 Å². The maximum absolute atomic E-state index is 12.9. The second kappa shape index (κ2) is 11.8. The number of para-hydroxylation sites is 1. The van der Waals surface area contributed by atoms with E-state index in [-0.39, 0.29) is 13.0 Å². The molecule has 0 radical (unpaired) electrons. The average molecular weight is 466 g/mol. The average Bonchev–Trinajstić information content (AvgIpc) is 2.85. The van der Waals surface area contributed by atoms with Crippen LogP contribution in [0.25, 0.3) is 10.9 Å². The molecular weight excluding hydrogens is 438 g/mol. The molecule has 0 aliphatic rings. The molecule has 2 amide bonds. The molecule has 1 aromatic heterocycles. The highest BCUT2D eigenvalue weighted by Crippen LogP contribution is 2.13. The SMILES string of the molecule is COC(=O)[C@H](Cc1ccc2ccccc2n1)NC(=O)[C@@H](NC(=O)OCc1ccccc1)[C@@H](C)O. The van der Waals surface area contributed by atoms with E-state index in [0.29, 0.717) is 5.69 Å². The van der Waals surface area contributed by atoms with Gasteiger partial charge in [-0.25, -0.2) is 9.59 Å². The summed E-state index contributed by atoms with van der Waals surface area (Å²) in [4.78, 5) is 41.9. The van der Waals surface area contributed by atoms with Crippen LogP contribution in [0.1, 0.15) is 18.2 Å². The van der Waals surface area contributed by atoms with E-state index in [9.17, 15) is 19.5 Å². The van der Waals surface area contributed by atoms with Crippen LogP contribution in [-0.4, -0.2) is 53.4 Å². The molecule has 0 fully saturated rings. The number of nitrogens with zero attached hydrogens (tertiary/aromatic N) is 1. The third-order valence-electron chi connectivity index (χ3n) is 5.12. The van der Waals surface area contributed by atoms with Crippen molar-refractivity contribution in [3.8, 4) is 0 Å². The summed E-state index contributed by atoms with van der Waals surface area (Å²) in [6, 6.07) is 17.7. The van der Waals surface area contributed by atoms with Crippen molar-refractivity contribution in [2.45, 2.75) is 38.1 Å². The quantitative estimate of drug-likeness (QED) is 0.413. The highest BCUT2D eigenvalue weighted by atomic mass is 16.5. The van der Waals surface area contributed by atoms with Gasteiger partial charge in [0.1, 0.15) is 18.7 Å². The van der Waals surface area contributed by atoms with E-state index in [0.717, 1.165) is 16.5 Å². The number of rotatable bonds is 9. The Kier molecular flexibility index (Phi) is 8.53. The van der Waals surface area contributed by atoms with Crippen LogP contribution in [0.3, 0.4) is 0 Å². The van der Waals surface area contributed by atoms with E-state index < -0.39 is 36.2 Å². The van der Waals surface area contributed by atoms with Gasteiger partial charge in [-0.1, -0.05) is 54.6 Å². The number of hydrogen-bond acceptors (Lipinski definition) is 7. The maximum atomic E-state index is 12.9. The third kappa shape index (κ3) is 6.76. The number of nitrogens with one attached hydrogen (secondary N) is 2. The van der Waals surface area contributed by atoms with Crippen molar-refractivity contribution in [1.82, 2.24) is 15.6 Å². The van der Waals surface area contributed by atoms with Gasteiger partial charge < -0.3 is 25.2 Å². The van der Waals surface area contributed by atoms with Gasteiger partial charge in [0, 0.05) is 17.5 Å². The summed E-state index contributed by atoms with van der Waals surface area (Å²) >= 11 is 0. The molecule has 3 aromatic rings. The normalized spacial score (nSPS) is 13.4. The van der Waals surface area contributed by atoms with Gasteiger partial charge >= 0.3 is 12.1 Å². The number of carbonyl (C=O) groups excluding carboxylic acids is 3. The van der Waals surface area contributed by atoms with E-state index in [2.05, 4.69) is 15.6 Å². The summed E-state index contributed by atoms with van der Waals surface area (Å²) in [5, 5.41) is 15.9. The predicted octanol–water partition coefficient (Wildman–Crippen LogP) is 2.11. The molecule has 0 aliphatic heterocycles. The number of aliphatic hydroxyl groups excluding tert-OH is 1. The van der Waals surface area contributed by atoms with E-state index in [4.69, 9.17) is 9.47 Å². The summed E-state index contributed by atoms with van der Waals surface area (Å²) in [6.45, 7) is 1.35. The fourth-order valence-corrected chi connectivity index (χ4v) is 3.33. The first-order valence-corrected chi connectivity index (χ1v) is 10.8. The number of pyridine rings is 1. The first kappa shape index (κ1) is 24.7. The Balaban J connectivity index is 1.66. The number of esters is 1. The lowest BCUT2D eigenvalue weighted by atomic mass is 10.1. The van der Waals surface area contributed by atoms with Crippen LogP contribution in [0.2, 0.25) is 0 Å². The monoisotopic (exact) mass is 465 g/mol. The minimum atomic E-state index is -1.35. The van der Waals surface area contributed by atoms with Crippen LogP contribution in [0.4, 0.5) is 4.79 Å². The number of aromatic nitrogens is 1. The maximum Gasteiger partial charge on any atom is 0.408 e. The Morgan fingerprint density at radius 2 is 1.68 bits per heavy atom. The fraction of sp³-hybridized carbons (Fsp3) is 0.280. The smallest absolute Gasteiger partial charge is 0.408 e. The minimum Gasteiger partial charge on any atom is -0.467 e. The molecule has 178 valence electrons. The van der Waals surface area contributed by atoms with Crippen molar-refractivity contribution in [2.75, 3.05) is 7.11 Å². The van der Waals surface area contributed by atoms with Crippen LogP contribution in [0.15, 0.2) is 66.7 Å². The van der Waals surface area contributed by atoms with Gasteiger partial charge in [0.25, 0.3) is 0 Å². The Labute approximate surface area is 197 Å². The standard InChI is InChI=1S/C25H27N3O6/c1-16(29)22(28-25(32)34-15-17-8-4-3-5-9-17)23(30)27-21(24(31)33-2)14-19-13-12-18-10-6-7-11-20(18)26-19/h3-13,16,21-22,29H,14-15H2,1-2H3,(H,27,30)(H,28,32)/t16-,21+,22+/m1/s1. The number of hydrogen-bond donors (Lipinski definition) is 3. The molecule has 0 unspecified atom stereocenters. The van der Waals surface area contributed by atoms with Gasteiger partial charge in [0.05, 0.1) is 18.7 Å². The van der Waals surface area contributed by atoms with Crippen LogP contribution < -0.4 is 10.6 Å². The number of carbonyl (C=O) groups is 3. The summed E-state index contributed by atoms with van der Waals surface area (Å²) in [5.74, 6) is -1.44. The van der Waals surface area contributed by atoms with Crippen LogP contribution in [0.5, 0.6) is 0 Å². The molecule has 34 heavy (non-hydrogen) atoms. The van der Waals surface area contributed by atoms with Crippen molar-refractivity contribution in [3.05, 3.63) is 78.0 Å². The van der Waals surface area contributed by atoms with Crippen molar-refractivity contribution < 1.29 is 29.0 Å². The van der Waals surface area contributed by atoms with Crippen molar-refractivity contribution >= 4 is 28.9 Å². The molecule has 0 spiro atoms. The van der Waals surface area contributed by atoms with Crippen LogP contribution in [0, 0.1) is 0 Å². The Morgan fingerprint density at radius 1 is 0.971 bits per heavy atom. The number of ether oxygens (including phenoxy) is 2. The van der Waals surface area contributed by atoms with Gasteiger partial charge in [-0.2, -0.15) is 0 Å². The van der Waals surface area contributed by atoms with Crippen LogP contribution >= 0.6 is 0 Å². The van der Waals surface area contributed by atoms with Gasteiger partial charge in [-0.3, -0.25) is 9.78 Å². The highest BCUT2D eigenvalue weighted by molar-refractivity contribution is 5.90. The number of amides is 2. The number of alkyl carbamates (subject to hydrolysis) is 1. The van der Waals surface area contributed by atoms with E-state index in [1.165, 1.54) is 14.0 Å². The first-order valence-electron chi connectivity index (χ1n) is 10.8. The zero-order valence-corrected chi connectivity index (χ0v) is 18.9. The Morgan fingerprint density at radius 3 is 2.38 bits per heavy atom. The molecule has 3 N–H and O–H groups in total. The van der Waals surface area contributed by atoms with Crippen molar-refractivity contribution in [3.63, 3.8) is 0 Å². The van der Waals surface area contributed by atoms with Crippen LogP contribution in [-0.2, 0) is 32.1 Å². The fourth-order valence-electron chi connectivity index (χ4n) is 3.33. The molecule has 2 aromatic carbocycles. The van der Waals surface area contributed by atoms with Gasteiger partial charge in [-0.15, -0.1) is 0 Å². The topological polar surface area (TPSA) is 127 Å². The number of methoxy groups -OCH3 is 1. The van der Waals surface area contributed by atoms with E-state index >= 15 is 0 Å². The molecule has 3 atom stereocenters. The lowest BCUT2D eigenvalue weighted by Crippen LogP contribution is -2.56. The van der Waals surface area contributed by atoms with E-state index in [1.54, 1.807) is 30.3 Å². The summed E-state index contributed by atoms with van der Waals surface area (Å²) in [6.07, 6.45) is -2.06.